The Balaban J connectivity index is 1.67. The molecule has 1 aromatic heterocycles. The first-order valence-corrected chi connectivity index (χ1v) is 8.93. The largest absolute Gasteiger partial charge is 0.325 e. The second-order valence-electron chi connectivity index (χ2n) is 5.51. The van der Waals surface area contributed by atoms with Gasteiger partial charge in [0.05, 0.1) is 11.4 Å². The average Bonchev–Trinajstić information content (AvgIpc) is 3.05. The van der Waals surface area contributed by atoms with Gasteiger partial charge in [-0.25, -0.2) is 0 Å². The zero-order chi connectivity index (χ0) is 17.8. The Kier molecular flexibility index (Phi) is 5.35. The molecule has 0 unspecified atom stereocenters. The number of tetrazole rings is 1. The lowest BCUT2D eigenvalue weighted by molar-refractivity contribution is -0.113. The normalized spacial score (nSPS) is 10.7. The summed E-state index contributed by atoms with van der Waals surface area (Å²) in [4.78, 5) is 12.2. The number of benzene rings is 2. The minimum atomic E-state index is -0.144. The number of aromatic nitrogens is 4. The second kappa shape index (κ2) is 7.67. The maximum atomic E-state index is 12.2. The van der Waals surface area contributed by atoms with Crippen molar-refractivity contribution in [3.8, 4) is 5.69 Å². The number of hydrogen-bond acceptors (Lipinski definition) is 5. The molecule has 0 radical (unpaired) electrons. The van der Waals surface area contributed by atoms with E-state index >= 15 is 0 Å². The van der Waals surface area contributed by atoms with E-state index in [0.717, 1.165) is 16.8 Å². The highest BCUT2D eigenvalue weighted by Crippen LogP contribution is 2.22. The van der Waals surface area contributed by atoms with Gasteiger partial charge in [0.1, 0.15) is 0 Å². The minimum Gasteiger partial charge on any atom is -0.325 e. The number of aryl methyl sites for hydroxylation is 2. The first-order chi connectivity index (χ1) is 12.0. The summed E-state index contributed by atoms with van der Waals surface area (Å²) in [6, 6.07) is 13.2. The van der Waals surface area contributed by atoms with Crippen molar-refractivity contribution >= 4 is 35.0 Å². The molecule has 0 spiro atoms. The van der Waals surface area contributed by atoms with Crippen LogP contribution in [0.1, 0.15) is 11.1 Å². The Bertz CT molecular complexity index is 912. The number of nitrogens with one attached hydrogen (secondary N) is 1. The van der Waals surface area contributed by atoms with Crippen molar-refractivity contribution in [1.29, 1.82) is 0 Å². The van der Waals surface area contributed by atoms with E-state index in [0.29, 0.717) is 15.9 Å². The molecule has 128 valence electrons. The van der Waals surface area contributed by atoms with Gasteiger partial charge >= 0.3 is 0 Å². The van der Waals surface area contributed by atoms with Crippen LogP contribution in [-0.4, -0.2) is 31.9 Å². The van der Waals surface area contributed by atoms with E-state index in [-0.39, 0.29) is 11.7 Å². The van der Waals surface area contributed by atoms with E-state index in [2.05, 4.69) is 20.8 Å². The van der Waals surface area contributed by atoms with Gasteiger partial charge in [-0.2, -0.15) is 4.68 Å². The molecule has 0 bridgehead atoms. The topological polar surface area (TPSA) is 72.7 Å². The van der Waals surface area contributed by atoms with Crippen LogP contribution in [0.25, 0.3) is 5.69 Å². The first kappa shape index (κ1) is 17.4. The van der Waals surface area contributed by atoms with Crippen molar-refractivity contribution in [3.05, 3.63) is 58.6 Å². The standard InChI is InChI=1S/C17H16ClN5OS/c1-11-4-3-5-14(8-11)23-17(20-21-22-23)25-10-16(24)19-15-9-13(18)7-6-12(15)2/h3-9H,10H2,1-2H3,(H,19,24). The van der Waals surface area contributed by atoms with E-state index < -0.39 is 0 Å². The Morgan fingerprint density at radius 2 is 2.08 bits per heavy atom. The zero-order valence-corrected chi connectivity index (χ0v) is 15.3. The lowest BCUT2D eigenvalue weighted by Crippen LogP contribution is -2.15. The zero-order valence-electron chi connectivity index (χ0n) is 13.7. The molecule has 3 rings (SSSR count). The van der Waals surface area contributed by atoms with Crippen LogP contribution < -0.4 is 5.32 Å². The number of amides is 1. The number of rotatable bonds is 5. The molecule has 0 saturated heterocycles. The first-order valence-electron chi connectivity index (χ1n) is 7.57. The fourth-order valence-electron chi connectivity index (χ4n) is 2.24. The van der Waals surface area contributed by atoms with Crippen LogP contribution in [-0.2, 0) is 4.79 Å². The summed E-state index contributed by atoms with van der Waals surface area (Å²) in [6.07, 6.45) is 0. The summed E-state index contributed by atoms with van der Waals surface area (Å²) < 4.78 is 1.62. The molecule has 0 aliphatic heterocycles. The van der Waals surface area contributed by atoms with Crippen molar-refractivity contribution < 1.29 is 4.79 Å². The van der Waals surface area contributed by atoms with E-state index in [1.807, 2.05) is 44.2 Å². The van der Waals surface area contributed by atoms with Gasteiger partial charge in [-0.15, -0.1) is 5.10 Å². The lowest BCUT2D eigenvalue weighted by atomic mass is 10.2. The van der Waals surface area contributed by atoms with Crippen molar-refractivity contribution in [2.75, 3.05) is 11.1 Å². The van der Waals surface area contributed by atoms with Crippen molar-refractivity contribution in [1.82, 2.24) is 20.2 Å². The van der Waals surface area contributed by atoms with Crippen LogP contribution in [0.4, 0.5) is 5.69 Å². The Labute approximate surface area is 154 Å². The number of carbonyl (C=O) groups excluding carboxylic acids is 1. The number of thioether (sulfide) groups is 1. The van der Waals surface area contributed by atoms with Crippen molar-refractivity contribution in [3.63, 3.8) is 0 Å². The molecule has 25 heavy (non-hydrogen) atoms. The van der Waals surface area contributed by atoms with E-state index in [9.17, 15) is 4.79 Å². The van der Waals surface area contributed by atoms with Crippen LogP contribution in [0.15, 0.2) is 47.6 Å². The molecule has 1 heterocycles. The number of halogens is 1. The van der Waals surface area contributed by atoms with Crippen LogP contribution in [0, 0.1) is 13.8 Å². The summed E-state index contributed by atoms with van der Waals surface area (Å²) in [5.74, 6) is 0.0483. The molecular weight excluding hydrogens is 358 g/mol. The second-order valence-corrected chi connectivity index (χ2v) is 6.89. The van der Waals surface area contributed by atoms with Crippen LogP contribution in [0.3, 0.4) is 0 Å². The predicted molar refractivity (Wildman–Crippen MR) is 99.4 cm³/mol. The molecule has 6 nitrogen and oxygen atoms in total. The van der Waals surface area contributed by atoms with Gasteiger partial charge in [0, 0.05) is 10.7 Å². The van der Waals surface area contributed by atoms with Crippen LogP contribution in [0.2, 0.25) is 5.02 Å². The summed E-state index contributed by atoms with van der Waals surface area (Å²) in [5.41, 5.74) is 3.63. The fraction of sp³-hybridized carbons (Fsp3) is 0.176. The van der Waals surface area contributed by atoms with Crippen molar-refractivity contribution in [2.45, 2.75) is 19.0 Å². The minimum absolute atomic E-state index is 0.144. The summed E-state index contributed by atoms with van der Waals surface area (Å²) in [5, 5.41) is 15.7. The number of nitrogens with zero attached hydrogens (tertiary/aromatic N) is 4. The highest BCUT2D eigenvalue weighted by Gasteiger charge is 2.12. The van der Waals surface area contributed by atoms with Gasteiger partial charge in [0.15, 0.2) is 0 Å². The maximum absolute atomic E-state index is 12.2. The molecule has 1 N–H and O–H groups in total. The van der Waals surface area contributed by atoms with Crippen LogP contribution >= 0.6 is 23.4 Å². The Morgan fingerprint density at radius 1 is 1.24 bits per heavy atom. The number of anilines is 1. The highest BCUT2D eigenvalue weighted by atomic mass is 35.5. The number of carbonyl (C=O) groups is 1. The molecule has 1 amide bonds. The molecule has 2 aromatic carbocycles. The van der Waals surface area contributed by atoms with Gasteiger partial charge in [0.2, 0.25) is 11.1 Å². The third kappa shape index (κ3) is 4.37. The predicted octanol–water partition coefficient (Wildman–Crippen LogP) is 3.66. The monoisotopic (exact) mass is 373 g/mol. The fourth-order valence-corrected chi connectivity index (χ4v) is 3.10. The SMILES string of the molecule is Cc1cccc(-n2nnnc2SCC(=O)Nc2cc(Cl)ccc2C)c1. The smallest absolute Gasteiger partial charge is 0.234 e. The Morgan fingerprint density at radius 3 is 2.88 bits per heavy atom. The van der Waals surface area contributed by atoms with Crippen LogP contribution in [0.5, 0.6) is 0 Å². The van der Waals surface area contributed by atoms with Gasteiger partial charge in [-0.05, 0) is 59.7 Å². The number of hydrogen-bond donors (Lipinski definition) is 1. The maximum Gasteiger partial charge on any atom is 0.234 e. The Hall–Kier alpha value is -2.38. The molecule has 0 fully saturated rings. The summed E-state index contributed by atoms with van der Waals surface area (Å²) in [6.45, 7) is 3.92. The molecule has 8 heteroatoms. The van der Waals surface area contributed by atoms with E-state index in [4.69, 9.17) is 11.6 Å². The van der Waals surface area contributed by atoms with E-state index in [1.54, 1.807) is 16.8 Å². The molecular formula is C17H16ClN5OS. The highest BCUT2D eigenvalue weighted by molar-refractivity contribution is 7.99. The van der Waals surface area contributed by atoms with Gasteiger partial charge in [-0.3, -0.25) is 4.79 Å². The van der Waals surface area contributed by atoms with Crippen molar-refractivity contribution in [2.24, 2.45) is 0 Å². The van der Waals surface area contributed by atoms with E-state index in [1.165, 1.54) is 11.8 Å². The third-order valence-corrected chi connectivity index (χ3v) is 4.65. The quantitative estimate of drug-likeness (QED) is 0.691. The lowest BCUT2D eigenvalue weighted by Gasteiger charge is -2.09. The molecule has 0 aliphatic rings. The summed E-state index contributed by atoms with van der Waals surface area (Å²) >= 11 is 7.25. The molecule has 0 aliphatic carbocycles. The molecule has 0 saturated carbocycles. The molecule has 0 atom stereocenters. The van der Waals surface area contributed by atoms with Gasteiger partial charge < -0.3 is 5.32 Å². The molecule has 3 aromatic rings. The van der Waals surface area contributed by atoms with Gasteiger partial charge in [0.25, 0.3) is 0 Å². The van der Waals surface area contributed by atoms with Gasteiger partial charge in [-0.1, -0.05) is 41.6 Å². The summed E-state index contributed by atoms with van der Waals surface area (Å²) in [7, 11) is 0. The third-order valence-electron chi connectivity index (χ3n) is 3.49. The average molecular weight is 374 g/mol.